The maximum absolute atomic E-state index is 13.4. The molecule has 0 aliphatic heterocycles. The fraction of sp³-hybridized carbons (Fsp3) is 0.250. The highest BCUT2D eigenvalue weighted by atomic mass is 19.4. The number of hydrogen-bond acceptors (Lipinski definition) is 3. The van der Waals surface area contributed by atoms with Crippen molar-refractivity contribution in [1.82, 2.24) is 0 Å². The number of hydrogen-bond donors (Lipinski definition) is 1. The number of aliphatic hydroxyl groups is 1. The molecule has 0 aromatic heterocycles. The van der Waals surface area contributed by atoms with Crippen LogP contribution in [0.25, 0.3) is 0 Å². The molecule has 0 bridgehead atoms. The summed E-state index contributed by atoms with van der Waals surface area (Å²) in [5, 5.41) is 10.6. The molecule has 0 heterocycles. The minimum Gasteiger partial charge on any atom is -0.494 e. The first-order valence-electron chi connectivity index (χ1n) is 9.65. The van der Waals surface area contributed by atoms with Gasteiger partial charge in [-0.25, -0.2) is 0 Å². The van der Waals surface area contributed by atoms with Gasteiger partial charge in [0.1, 0.15) is 11.5 Å². The Kier molecular flexibility index (Phi) is 7.00. The summed E-state index contributed by atoms with van der Waals surface area (Å²) in [5.41, 5.74) is 1.14. The molecule has 1 N–H and O–H groups in total. The molecule has 6 heteroatoms. The SMILES string of the molecule is CCOc1ccc(C(CC(F)(F)F)c2ccccc2C(O)Oc2ccccc2)cc1. The third-order valence-corrected chi connectivity index (χ3v) is 4.66. The molecule has 158 valence electrons. The molecule has 0 amide bonds. The predicted molar refractivity (Wildman–Crippen MR) is 109 cm³/mol. The molecule has 0 saturated carbocycles. The van der Waals surface area contributed by atoms with Gasteiger partial charge in [-0.3, -0.25) is 0 Å². The molecule has 3 nitrogen and oxygen atoms in total. The molecule has 0 saturated heterocycles. The largest absolute Gasteiger partial charge is 0.494 e. The molecule has 2 atom stereocenters. The van der Waals surface area contributed by atoms with Gasteiger partial charge in [0.2, 0.25) is 6.29 Å². The van der Waals surface area contributed by atoms with E-state index in [1.165, 1.54) is 0 Å². The zero-order valence-corrected chi connectivity index (χ0v) is 16.5. The highest BCUT2D eigenvalue weighted by molar-refractivity contribution is 5.41. The lowest BCUT2D eigenvalue weighted by atomic mass is 9.85. The maximum atomic E-state index is 13.4. The van der Waals surface area contributed by atoms with Crippen LogP contribution in [0.2, 0.25) is 0 Å². The van der Waals surface area contributed by atoms with Crippen LogP contribution in [0, 0.1) is 0 Å². The van der Waals surface area contributed by atoms with Gasteiger partial charge in [-0.05, 0) is 42.3 Å². The molecule has 3 aromatic rings. The minimum absolute atomic E-state index is 0.296. The zero-order chi connectivity index (χ0) is 21.6. The van der Waals surface area contributed by atoms with Crippen LogP contribution in [0.5, 0.6) is 11.5 Å². The third-order valence-electron chi connectivity index (χ3n) is 4.66. The van der Waals surface area contributed by atoms with Crippen LogP contribution in [0.15, 0.2) is 78.9 Å². The normalized spacial score (nSPS) is 13.5. The number of rotatable bonds is 8. The summed E-state index contributed by atoms with van der Waals surface area (Å²) in [6, 6.07) is 21.7. The van der Waals surface area contributed by atoms with Gasteiger partial charge in [0, 0.05) is 11.5 Å². The zero-order valence-electron chi connectivity index (χ0n) is 16.5. The number of para-hydroxylation sites is 1. The molecule has 0 aliphatic rings. The Hall–Kier alpha value is -2.99. The highest BCUT2D eigenvalue weighted by Gasteiger charge is 2.35. The Balaban J connectivity index is 1.97. The van der Waals surface area contributed by atoms with Crippen molar-refractivity contribution in [2.45, 2.75) is 31.7 Å². The summed E-state index contributed by atoms with van der Waals surface area (Å²) in [6.07, 6.45) is -6.85. The van der Waals surface area contributed by atoms with E-state index in [1.54, 1.807) is 78.9 Å². The Morgan fingerprint density at radius 2 is 1.40 bits per heavy atom. The molecule has 3 rings (SSSR count). The Bertz CT molecular complexity index is 924. The van der Waals surface area contributed by atoms with Gasteiger partial charge < -0.3 is 14.6 Å². The van der Waals surface area contributed by atoms with Gasteiger partial charge in [-0.1, -0.05) is 54.6 Å². The summed E-state index contributed by atoms with van der Waals surface area (Å²) in [6.45, 7) is 2.31. The Morgan fingerprint density at radius 1 is 0.800 bits per heavy atom. The van der Waals surface area contributed by atoms with Crippen LogP contribution >= 0.6 is 0 Å². The third kappa shape index (κ3) is 5.76. The van der Waals surface area contributed by atoms with E-state index in [9.17, 15) is 18.3 Å². The van der Waals surface area contributed by atoms with Gasteiger partial charge in [-0.2, -0.15) is 13.2 Å². The van der Waals surface area contributed by atoms with E-state index in [2.05, 4.69) is 0 Å². The van der Waals surface area contributed by atoms with Crippen molar-refractivity contribution in [3.05, 3.63) is 95.6 Å². The van der Waals surface area contributed by atoms with E-state index < -0.39 is 24.8 Å². The number of ether oxygens (including phenoxy) is 2. The van der Waals surface area contributed by atoms with E-state index in [-0.39, 0.29) is 0 Å². The van der Waals surface area contributed by atoms with Crippen molar-refractivity contribution in [2.75, 3.05) is 6.61 Å². The quantitative estimate of drug-likeness (QED) is 0.442. The second-order valence-corrected chi connectivity index (χ2v) is 6.79. The average Bonchev–Trinajstić information content (AvgIpc) is 2.73. The van der Waals surface area contributed by atoms with Crippen LogP contribution in [-0.4, -0.2) is 17.9 Å². The van der Waals surface area contributed by atoms with Crippen molar-refractivity contribution >= 4 is 0 Å². The lowest BCUT2D eigenvalue weighted by Gasteiger charge is -2.25. The molecular weight excluding hydrogens is 393 g/mol. The predicted octanol–water partition coefficient (Wildman–Crippen LogP) is 6.24. The van der Waals surface area contributed by atoms with Crippen LogP contribution in [0.4, 0.5) is 13.2 Å². The maximum Gasteiger partial charge on any atom is 0.390 e. The topological polar surface area (TPSA) is 38.7 Å². The number of aliphatic hydroxyl groups excluding tert-OH is 1. The Labute approximate surface area is 173 Å². The highest BCUT2D eigenvalue weighted by Crippen LogP contribution is 2.39. The number of alkyl halides is 3. The van der Waals surface area contributed by atoms with Crippen LogP contribution in [-0.2, 0) is 0 Å². The summed E-state index contributed by atoms with van der Waals surface area (Å²) < 4.78 is 51.3. The number of halogens is 3. The lowest BCUT2D eigenvalue weighted by molar-refractivity contribution is -0.137. The molecule has 2 unspecified atom stereocenters. The van der Waals surface area contributed by atoms with Crippen molar-refractivity contribution < 1.29 is 27.8 Å². The van der Waals surface area contributed by atoms with Gasteiger partial charge in [0.05, 0.1) is 13.0 Å². The van der Waals surface area contributed by atoms with Crippen molar-refractivity contribution in [3.63, 3.8) is 0 Å². The van der Waals surface area contributed by atoms with Crippen LogP contribution in [0.1, 0.15) is 42.2 Å². The van der Waals surface area contributed by atoms with Gasteiger partial charge in [0.25, 0.3) is 0 Å². The van der Waals surface area contributed by atoms with Crippen LogP contribution < -0.4 is 9.47 Å². The standard InChI is InChI=1S/C24H23F3O3/c1-2-29-18-14-12-17(13-15-18)22(16-24(25,26)27)20-10-6-7-11-21(20)23(28)30-19-8-4-3-5-9-19/h3-15,22-23,28H,2,16H2,1H3. The summed E-state index contributed by atoms with van der Waals surface area (Å²) in [5.74, 6) is 0.0203. The van der Waals surface area contributed by atoms with Gasteiger partial charge in [-0.15, -0.1) is 0 Å². The monoisotopic (exact) mass is 416 g/mol. The molecular formula is C24H23F3O3. The molecule has 0 aliphatic carbocycles. The Morgan fingerprint density at radius 3 is 2.00 bits per heavy atom. The second kappa shape index (κ2) is 9.67. The molecule has 0 fully saturated rings. The van der Waals surface area contributed by atoms with Crippen LogP contribution in [0.3, 0.4) is 0 Å². The number of benzene rings is 3. The van der Waals surface area contributed by atoms with E-state index in [4.69, 9.17) is 9.47 Å². The fourth-order valence-electron chi connectivity index (χ4n) is 3.35. The summed E-state index contributed by atoms with van der Waals surface area (Å²) >= 11 is 0. The van der Waals surface area contributed by atoms with Crippen molar-refractivity contribution in [2.24, 2.45) is 0 Å². The smallest absolute Gasteiger partial charge is 0.390 e. The van der Waals surface area contributed by atoms with E-state index in [1.807, 2.05) is 6.92 Å². The molecule has 3 aromatic carbocycles. The molecule has 0 spiro atoms. The second-order valence-electron chi connectivity index (χ2n) is 6.79. The minimum atomic E-state index is -4.39. The van der Waals surface area contributed by atoms with Gasteiger partial charge >= 0.3 is 6.18 Å². The molecule has 30 heavy (non-hydrogen) atoms. The van der Waals surface area contributed by atoms with Crippen molar-refractivity contribution in [3.8, 4) is 11.5 Å². The fourth-order valence-corrected chi connectivity index (χ4v) is 3.35. The summed E-state index contributed by atoms with van der Waals surface area (Å²) in [4.78, 5) is 0. The average molecular weight is 416 g/mol. The van der Waals surface area contributed by atoms with E-state index >= 15 is 0 Å². The lowest BCUT2D eigenvalue weighted by Crippen LogP contribution is -2.18. The van der Waals surface area contributed by atoms with Gasteiger partial charge in [0.15, 0.2) is 0 Å². The van der Waals surface area contributed by atoms with Crippen molar-refractivity contribution in [1.29, 1.82) is 0 Å². The summed E-state index contributed by atoms with van der Waals surface area (Å²) in [7, 11) is 0. The molecule has 0 radical (unpaired) electrons. The first kappa shape index (κ1) is 21.7. The first-order chi connectivity index (χ1) is 14.4. The van der Waals surface area contributed by atoms with E-state index in [0.717, 1.165) is 0 Å². The first-order valence-corrected chi connectivity index (χ1v) is 9.65. The van der Waals surface area contributed by atoms with E-state index in [0.29, 0.717) is 34.8 Å².